The first-order valence-corrected chi connectivity index (χ1v) is 12.4. The minimum Gasteiger partial charge on any atom is -0.466 e. The Morgan fingerprint density at radius 1 is 0.950 bits per heavy atom. The van der Waals surface area contributed by atoms with E-state index in [2.05, 4.69) is 0 Å². The van der Waals surface area contributed by atoms with Crippen molar-refractivity contribution in [3.05, 3.63) is 98.9 Å². The number of benzene rings is 2. The van der Waals surface area contributed by atoms with Crippen LogP contribution in [0, 0.1) is 17.1 Å². The molecule has 1 unspecified atom stereocenters. The number of ether oxygens (including phenoxy) is 4. The number of carbonyl (C=O) groups excluding carboxylic acids is 3. The van der Waals surface area contributed by atoms with E-state index in [1.807, 2.05) is 6.07 Å². The summed E-state index contributed by atoms with van der Waals surface area (Å²) in [7, 11) is 3.42. The van der Waals surface area contributed by atoms with E-state index in [4.69, 9.17) is 24.7 Å². The van der Waals surface area contributed by atoms with Gasteiger partial charge in [0.1, 0.15) is 17.3 Å². The van der Waals surface area contributed by atoms with Gasteiger partial charge in [-0.2, -0.15) is 5.26 Å². The van der Waals surface area contributed by atoms with Crippen molar-refractivity contribution in [2.75, 3.05) is 26.2 Å². The van der Waals surface area contributed by atoms with Crippen LogP contribution in [0.25, 0.3) is 0 Å². The first kappa shape index (κ1) is 27.9. The van der Waals surface area contributed by atoms with Crippen LogP contribution in [0.4, 0.5) is 10.1 Å². The maximum absolute atomic E-state index is 14.7. The number of esters is 3. The highest BCUT2D eigenvalue weighted by Gasteiger charge is 2.43. The van der Waals surface area contributed by atoms with Crippen LogP contribution in [0.3, 0.4) is 0 Å². The van der Waals surface area contributed by atoms with Gasteiger partial charge in [-0.1, -0.05) is 30.3 Å². The van der Waals surface area contributed by atoms with E-state index in [1.165, 1.54) is 19.2 Å². The smallest absolute Gasteiger partial charge is 0.355 e. The van der Waals surface area contributed by atoms with Crippen LogP contribution < -0.4 is 15.4 Å². The molecule has 12 heteroatoms. The second-order valence-electron chi connectivity index (χ2n) is 8.15. The summed E-state index contributed by atoms with van der Waals surface area (Å²) in [5.74, 6) is -4.72. The summed E-state index contributed by atoms with van der Waals surface area (Å²) in [4.78, 5) is 39.9. The molecule has 0 bridgehead atoms. The van der Waals surface area contributed by atoms with Crippen molar-refractivity contribution in [1.82, 2.24) is 0 Å². The third kappa shape index (κ3) is 4.97. The Bertz CT molecular complexity index is 1590. The van der Waals surface area contributed by atoms with E-state index >= 15 is 0 Å². The summed E-state index contributed by atoms with van der Waals surface area (Å²) in [5.41, 5.74) is 6.05. The summed E-state index contributed by atoms with van der Waals surface area (Å²) >= 11 is 1.06. The fraction of sp³-hybridized carbons (Fsp3) is 0.143. The van der Waals surface area contributed by atoms with Crippen LogP contribution in [0.15, 0.2) is 82.6 Å². The van der Waals surface area contributed by atoms with Crippen molar-refractivity contribution in [2.24, 2.45) is 5.73 Å². The number of hydrogen-bond acceptors (Lipinski definition) is 11. The van der Waals surface area contributed by atoms with Gasteiger partial charge in [0.05, 0.1) is 50.2 Å². The van der Waals surface area contributed by atoms with E-state index < -0.39 is 35.3 Å². The number of hydrogen-bond donors (Lipinski definition) is 1. The lowest BCUT2D eigenvalue weighted by Gasteiger charge is -2.36. The molecule has 0 saturated heterocycles. The van der Waals surface area contributed by atoms with Gasteiger partial charge in [-0.3, -0.25) is 4.90 Å². The van der Waals surface area contributed by atoms with Crippen LogP contribution in [0.2, 0.25) is 0 Å². The second kappa shape index (κ2) is 11.7. The minimum atomic E-state index is -1.11. The van der Waals surface area contributed by atoms with Crippen molar-refractivity contribution in [3.63, 3.8) is 0 Å². The number of nitrogens with zero attached hydrogens (tertiary/aromatic N) is 2. The Balaban J connectivity index is 2.02. The molecule has 0 aliphatic carbocycles. The summed E-state index contributed by atoms with van der Waals surface area (Å²) in [6, 6.07) is 15.3. The molecule has 1 atom stereocenters. The topological polar surface area (TPSA) is 141 Å². The molecule has 204 valence electrons. The fourth-order valence-corrected chi connectivity index (χ4v) is 4.99. The molecule has 2 aromatic carbocycles. The predicted molar refractivity (Wildman–Crippen MR) is 142 cm³/mol. The maximum atomic E-state index is 14.7. The van der Waals surface area contributed by atoms with E-state index in [0.29, 0.717) is 5.56 Å². The number of anilines is 1. The van der Waals surface area contributed by atoms with E-state index in [9.17, 15) is 24.0 Å². The Morgan fingerprint density at radius 3 is 2.25 bits per heavy atom. The van der Waals surface area contributed by atoms with Gasteiger partial charge in [0, 0.05) is 6.07 Å². The number of carbonyl (C=O) groups is 3. The monoisotopic (exact) mass is 563 g/mol. The Morgan fingerprint density at radius 2 is 1.62 bits per heavy atom. The van der Waals surface area contributed by atoms with Crippen LogP contribution in [-0.4, -0.2) is 39.2 Å². The Hall–Kier alpha value is -5.15. The first-order chi connectivity index (χ1) is 19.3. The number of halogens is 1. The van der Waals surface area contributed by atoms with Crippen molar-refractivity contribution in [3.8, 4) is 17.6 Å². The highest BCUT2D eigenvalue weighted by molar-refractivity contribution is 7.12. The van der Waals surface area contributed by atoms with E-state index in [1.54, 1.807) is 35.7 Å². The predicted octanol–water partition coefficient (Wildman–Crippen LogP) is 4.36. The number of methoxy groups -OCH3 is 3. The Kier molecular flexibility index (Phi) is 8.16. The average Bonchev–Trinajstić information content (AvgIpc) is 3.44. The molecular formula is C28H22FN3O7S. The lowest BCUT2D eigenvalue weighted by atomic mass is 9.81. The van der Waals surface area contributed by atoms with Crippen molar-refractivity contribution < 1.29 is 37.7 Å². The minimum absolute atomic E-state index is 0.0611. The molecule has 0 spiro atoms. The second-order valence-corrected chi connectivity index (χ2v) is 9.07. The van der Waals surface area contributed by atoms with Gasteiger partial charge in [0.15, 0.2) is 16.4 Å². The van der Waals surface area contributed by atoms with Gasteiger partial charge in [-0.25, -0.2) is 18.8 Å². The SMILES string of the molecule is COC(=O)C1=C(C(=O)OC)N(c2cc(F)ccc2Oc2ccsc2C(=O)OC)C(N)=C(C#N)C1c1ccccc1. The molecule has 2 heterocycles. The van der Waals surface area contributed by atoms with Crippen LogP contribution >= 0.6 is 11.3 Å². The molecular weight excluding hydrogens is 541 g/mol. The molecule has 0 amide bonds. The summed E-state index contributed by atoms with van der Waals surface area (Å²) < 4.78 is 35.5. The quantitative estimate of drug-likeness (QED) is 0.325. The zero-order chi connectivity index (χ0) is 29.0. The largest absolute Gasteiger partial charge is 0.466 e. The van der Waals surface area contributed by atoms with E-state index in [-0.39, 0.29) is 39.0 Å². The maximum Gasteiger partial charge on any atom is 0.355 e. The highest BCUT2D eigenvalue weighted by atomic mass is 32.1. The van der Waals surface area contributed by atoms with Gasteiger partial charge >= 0.3 is 17.9 Å². The molecule has 0 saturated carbocycles. The van der Waals surface area contributed by atoms with Crippen molar-refractivity contribution in [1.29, 1.82) is 5.26 Å². The first-order valence-electron chi connectivity index (χ1n) is 11.6. The molecule has 10 nitrogen and oxygen atoms in total. The molecule has 0 fully saturated rings. The summed E-state index contributed by atoms with van der Waals surface area (Å²) in [5, 5.41) is 11.8. The van der Waals surface area contributed by atoms with Gasteiger partial charge in [0.2, 0.25) is 0 Å². The number of nitriles is 1. The summed E-state index contributed by atoms with van der Waals surface area (Å²) in [6.07, 6.45) is 0. The molecule has 1 aliphatic rings. The van der Waals surface area contributed by atoms with Gasteiger partial charge in [0.25, 0.3) is 0 Å². The number of thiophene rings is 1. The van der Waals surface area contributed by atoms with E-state index in [0.717, 1.165) is 42.6 Å². The van der Waals surface area contributed by atoms with Gasteiger partial charge < -0.3 is 24.7 Å². The fourth-order valence-electron chi connectivity index (χ4n) is 4.25. The molecule has 4 rings (SSSR count). The zero-order valence-corrected chi connectivity index (χ0v) is 22.3. The highest BCUT2D eigenvalue weighted by Crippen LogP contribution is 2.46. The van der Waals surface area contributed by atoms with Crippen LogP contribution in [0.5, 0.6) is 11.5 Å². The number of nitrogens with two attached hydrogens (primary N) is 1. The average molecular weight is 564 g/mol. The molecule has 0 radical (unpaired) electrons. The zero-order valence-electron chi connectivity index (χ0n) is 21.5. The standard InChI is InChI=1S/C28H22FN3O7S/c1-36-26(33)22-21(15-7-5-4-6-8-15)17(14-30)25(31)32(23(22)27(34)37-2)18-13-16(29)9-10-19(18)39-20-11-12-40-24(20)28(35)38-3/h4-13,21H,31H2,1-3H3. The molecule has 1 aromatic heterocycles. The van der Waals surface area contributed by atoms with Gasteiger partial charge in [-0.05, 0) is 29.1 Å². The normalized spacial score (nSPS) is 14.9. The lowest BCUT2D eigenvalue weighted by molar-refractivity contribution is -0.139. The molecule has 1 aliphatic heterocycles. The number of rotatable bonds is 7. The number of allylic oxidation sites excluding steroid dienone is 1. The molecule has 40 heavy (non-hydrogen) atoms. The van der Waals surface area contributed by atoms with Crippen molar-refractivity contribution >= 4 is 34.9 Å². The molecule has 3 aromatic rings. The van der Waals surface area contributed by atoms with Gasteiger partial charge in [-0.15, -0.1) is 11.3 Å². The van der Waals surface area contributed by atoms with Crippen molar-refractivity contribution in [2.45, 2.75) is 5.92 Å². The third-order valence-corrected chi connectivity index (χ3v) is 6.87. The lowest BCUT2D eigenvalue weighted by Crippen LogP contribution is -2.41. The Labute approximate surface area is 232 Å². The third-order valence-electron chi connectivity index (χ3n) is 5.99. The van der Waals surface area contributed by atoms with Crippen LogP contribution in [0.1, 0.15) is 21.2 Å². The van der Waals surface area contributed by atoms with Crippen LogP contribution in [-0.2, 0) is 23.8 Å². The molecule has 2 N–H and O–H groups in total. The summed E-state index contributed by atoms with van der Waals surface area (Å²) in [6.45, 7) is 0.